The predicted octanol–water partition coefficient (Wildman–Crippen LogP) is 1.80. The van der Waals surface area contributed by atoms with Gasteiger partial charge in [0.05, 0.1) is 0 Å². The average Bonchev–Trinajstić information content (AvgIpc) is 3.15. The first-order valence-electron chi connectivity index (χ1n) is 6.99. The van der Waals surface area contributed by atoms with Crippen LogP contribution in [0.25, 0.3) is 0 Å². The van der Waals surface area contributed by atoms with Crippen LogP contribution in [-0.4, -0.2) is 52.9 Å². The molecule has 1 aromatic rings. The van der Waals surface area contributed by atoms with Crippen molar-refractivity contribution in [3.05, 3.63) is 18.1 Å². The molecule has 1 saturated heterocycles. The van der Waals surface area contributed by atoms with Crippen molar-refractivity contribution in [2.24, 2.45) is 5.92 Å². The standard InChI is InChI=1S/C13H13F5N4O/c14-12(15)6-8(12)11(23)22-3-1-21(2-4-22)10-5-9(13(16,17)18)19-7-20-10/h5,7-8H,1-4,6H2. The lowest BCUT2D eigenvalue weighted by molar-refractivity contribution is -0.141. The zero-order chi connectivity index (χ0) is 16.8. The summed E-state index contributed by atoms with van der Waals surface area (Å²) in [5, 5.41) is 0. The van der Waals surface area contributed by atoms with Gasteiger partial charge < -0.3 is 9.80 Å². The second kappa shape index (κ2) is 5.27. The normalized spacial score (nSPS) is 23.8. The van der Waals surface area contributed by atoms with Gasteiger partial charge in [-0.2, -0.15) is 13.2 Å². The Balaban J connectivity index is 1.62. The van der Waals surface area contributed by atoms with Crippen LogP contribution in [0, 0.1) is 5.92 Å². The van der Waals surface area contributed by atoms with E-state index < -0.39 is 36.0 Å². The first kappa shape index (κ1) is 15.9. The number of carbonyl (C=O) groups excluding carboxylic acids is 1. The molecule has 0 aromatic carbocycles. The summed E-state index contributed by atoms with van der Waals surface area (Å²) in [5.41, 5.74) is -1.04. The van der Waals surface area contributed by atoms with Crippen LogP contribution in [0.4, 0.5) is 27.8 Å². The highest BCUT2D eigenvalue weighted by molar-refractivity contribution is 5.83. The third-order valence-electron chi connectivity index (χ3n) is 3.98. The number of aromatic nitrogens is 2. The molecule has 1 aliphatic carbocycles. The first-order valence-corrected chi connectivity index (χ1v) is 6.99. The van der Waals surface area contributed by atoms with E-state index in [4.69, 9.17) is 0 Å². The van der Waals surface area contributed by atoms with Crippen molar-refractivity contribution in [2.75, 3.05) is 31.1 Å². The van der Waals surface area contributed by atoms with Gasteiger partial charge in [0.25, 0.3) is 5.92 Å². The number of halogens is 5. The summed E-state index contributed by atoms with van der Waals surface area (Å²) >= 11 is 0. The predicted molar refractivity (Wildman–Crippen MR) is 68.9 cm³/mol. The van der Waals surface area contributed by atoms with E-state index in [1.165, 1.54) is 4.90 Å². The Bertz CT molecular complexity index is 613. The van der Waals surface area contributed by atoms with Crippen LogP contribution in [0.1, 0.15) is 12.1 Å². The molecule has 1 aromatic heterocycles. The Morgan fingerprint density at radius 1 is 1.17 bits per heavy atom. The Kier molecular flexibility index (Phi) is 3.64. The summed E-state index contributed by atoms with van der Waals surface area (Å²) in [6.45, 7) is 0.824. The second-order valence-electron chi connectivity index (χ2n) is 5.59. The van der Waals surface area contributed by atoms with Crippen molar-refractivity contribution in [2.45, 2.75) is 18.5 Å². The van der Waals surface area contributed by atoms with Gasteiger partial charge in [-0.15, -0.1) is 0 Å². The van der Waals surface area contributed by atoms with Crippen molar-refractivity contribution in [1.82, 2.24) is 14.9 Å². The Labute approximate surface area is 128 Å². The van der Waals surface area contributed by atoms with E-state index in [1.807, 2.05) is 0 Å². The smallest absolute Gasteiger partial charge is 0.353 e. The van der Waals surface area contributed by atoms with Crippen LogP contribution in [0.15, 0.2) is 12.4 Å². The lowest BCUT2D eigenvalue weighted by Crippen LogP contribution is -2.50. The highest BCUT2D eigenvalue weighted by atomic mass is 19.4. The Morgan fingerprint density at radius 2 is 1.78 bits per heavy atom. The van der Waals surface area contributed by atoms with Gasteiger partial charge in [0.15, 0.2) is 0 Å². The molecule has 1 amide bonds. The van der Waals surface area contributed by atoms with Gasteiger partial charge in [-0.1, -0.05) is 0 Å². The summed E-state index contributed by atoms with van der Waals surface area (Å²) in [6.07, 6.45) is -4.15. The molecule has 1 aliphatic heterocycles. The molecule has 126 valence electrons. The fourth-order valence-corrected chi connectivity index (χ4v) is 2.53. The third kappa shape index (κ3) is 3.20. The van der Waals surface area contributed by atoms with E-state index in [1.54, 1.807) is 4.90 Å². The van der Waals surface area contributed by atoms with Gasteiger partial charge in [-0.25, -0.2) is 18.7 Å². The molecule has 2 fully saturated rings. The van der Waals surface area contributed by atoms with E-state index in [0.29, 0.717) is 0 Å². The average molecular weight is 336 g/mol. The van der Waals surface area contributed by atoms with Crippen LogP contribution >= 0.6 is 0 Å². The van der Waals surface area contributed by atoms with E-state index in [9.17, 15) is 26.7 Å². The highest BCUT2D eigenvalue weighted by Crippen LogP contribution is 2.49. The Hall–Kier alpha value is -2.00. The molecule has 1 saturated carbocycles. The lowest BCUT2D eigenvalue weighted by atomic mass is 10.2. The quantitative estimate of drug-likeness (QED) is 0.773. The number of piperazine rings is 1. The number of carbonyl (C=O) groups is 1. The zero-order valence-electron chi connectivity index (χ0n) is 11.9. The maximum Gasteiger partial charge on any atom is 0.433 e. The van der Waals surface area contributed by atoms with Gasteiger partial charge in [-0.3, -0.25) is 4.79 Å². The molecular weight excluding hydrogens is 323 g/mol. The van der Waals surface area contributed by atoms with Crippen molar-refractivity contribution in [1.29, 1.82) is 0 Å². The monoisotopic (exact) mass is 336 g/mol. The molecule has 5 nitrogen and oxygen atoms in total. The van der Waals surface area contributed by atoms with Gasteiger partial charge in [0.2, 0.25) is 5.91 Å². The Morgan fingerprint density at radius 3 is 2.30 bits per heavy atom. The van der Waals surface area contributed by atoms with Crippen molar-refractivity contribution in [3.63, 3.8) is 0 Å². The number of amides is 1. The number of rotatable bonds is 2. The van der Waals surface area contributed by atoms with Gasteiger partial charge >= 0.3 is 6.18 Å². The summed E-state index contributed by atoms with van der Waals surface area (Å²) < 4.78 is 63.8. The maximum absolute atomic E-state index is 12.9. The molecule has 0 N–H and O–H groups in total. The fraction of sp³-hybridized carbons (Fsp3) is 0.615. The van der Waals surface area contributed by atoms with Crippen LogP contribution < -0.4 is 4.90 Å². The molecule has 3 rings (SSSR count). The minimum Gasteiger partial charge on any atom is -0.353 e. The number of hydrogen-bond donors (Lipinski definition) is 0. The van der Waals surface area contributed by atoms with Gasteiger partial charge in [0.1, 0.15) is 23.8 Å². The lowest BCUT2D eigenvalue weighted by Gasteiger charge is -2.35. The molecule has 0 bridgehead atoms. The summed E-state index contributed by atoms with van der Waals surface area (Å²) in [7, 11) is 0. The highest BCUT2D eigenvalue weighted by Gasteiger charge is 2.62. The van der Waals surface area contributed by atoms with Crippen molar-refractivity contribution < 1.29 is 26.7 Å². The molecular formula is C13H13F5N4O. The van der Waals surface area contributed by atoms with Crippen LogP contribution in [0.3, 0.4) is 0 Å². The van der Waals surface area contributed by atoms with Crippen molar-refractivity contribution >= 4 is 11.7 Å². The fourth-order valence-electron chi connectivity index (χ4n) is 2.53. The summed E-state index contributed by atoms with van der Waals surface area (Å²) in [5.74, 6) is -4.64. The van der Waals surface area contributed by atoms with Gasteiger partial charge in [0, 0.05) is 38.7 Å². The number of anilines is 1. The van der Waals surface area contributed by atoms with E-state index >= 15 is 0 Å². The molecule has 0 spiro atoms. The topological polar surface area (TPSA) is 49.3 Å². The summed E-state index contributed by atoms with van der Waals surface area (Å²) in [6, 6.07) is 0.840. The minimum absolute atomic E-state index is 0.108. The van der Waals surface area contributed by atoms with E-state index in [2.05, 4.69) is 9.97 Å². The maximum atomic E-state index is 12.9. The minimum atomic E-state index is -4.56. The van der Waals surface area contributed by atoms with Crippen LogP contribution in [-0.2, 0) is 11.0 Å². The number of nitrogens with zero attached hydrogens (tertiary/aromatic N) is 4. The number of hydrogen-bond acceptors (Lipinski definition) is 4. The largest absolute Gasteiger partial charge is 0.433 e. The molecule has 10 heteroatoms. The van der Waals surface area contributed by atoms with E-state index in [-0.39, 0.29) is 32.0 Å². The third-order valence-corrected chi connectivity index (χ3v) is 3.98. The van der Waals surface area contributed by atoms with Crippen molar-refractivity contribution in [3.8, 4) is 0 Å². The van der Waals surface area contributed by atoms with E-state index in [0.717, 1.165) is 12.4 Å². The van der Waals surface area contributed by atoms with Crippen LogP contribution in [0.2, 0.25) is 0 Å². The zero-order valence-corrected chi connectivity index (χ0v) is 11.9. The molecule has 0 radical (unpaired) electrons. The first-order chi connectivity index (χ1) is 10.7. The molecule has 2 aliphatic rings. The molecule has 23 heavy (non-hydrogen) atoms. The van der Waals surface area contributed by atoms with Gasteiger partial charge in [-0.05, 0) is 0 Å². The molecule has 1 unspecified atom stereocenters. The molecule has 1 atom stereocenters. The molecule has 2 heterocycles. The summed E-state index contributed by atoms with van der Waals surface area (Å²) in [4.78, 5) is 21.8. The number of alkyl halides is 5. The second-order valence-corrected chi connectivity index (χ2v) is 5.59. The van der Waals surface area contributed by atoms with Crippen LogP contribution in [0.5, 0.6) is 0 Å². The SMILES string of the molecule is O=C(C1CC1(F)F)N1CCN(c2cc(C(F)(F)F)ncn2)CC1.